The zero-order valence-electron chi connectivity index (χ0n) is 13.0. The summed E-state index contributed by atoms with van der Waals surface area (Å²) in [5.74, 6) is -0.962. The largest absolute Gasteiger partial charge is 0.325 e. The first-order chi connectivity index (χ1) is 11.6. The van der Waals surface area contributed by atoms with E-state index >= 15 is 0 Å². The SMILES string of the molecule is CN1C(=O)NC2(C1=O)C(=O)N(Cc1ccccc1)c1ccccc12. The van der Waals surface area contributed by atoms with E-state index in [1.54, 1.807) is 23.1 Å². The van der Waals surface area contributed by atoms with Gasteiger partial charge in [-0.1, -0.05) is 48.5 Å². The van der Waals surface area contributed by atoms with Crippen molar-refractivity contribution in [3.63, 3.8) is 0 Å². The van der Waals surface area contributed by atoms with E-state index in [2.05, 4.69) is 5.32 Å². The highest BCUT2D eigenvalue weighted by Gasteiger charge is 2.63. The summed E-state index contributed by atoms with van der Waals surface area (Å²) in [5, 5.41) is 2.60. The lowest BCUT2D eigenvalue weighted by atomic mass is 9.91. The maximum Gasteiger partial charge on any atom is 0.325 e. The van der Waals surface area contributed by atoms with Crippen LogP contribution in [0.25, 0.3) is 0 Å². The summed E-state index contributed by atoms with van der Waals surface area (Å²) < 4.78 is 0. The van der Waals surface area contributed by atoms with E-state index in [1.165, 1.54) is 7.05 Å². The third-order valence-corrected chi connectivity index (χ3v) is 4.57. The van der Waals surface area contributed by atoms with Crippen molar-refractivity contribution < 1.29 is 14.4 Å². The Labute approximate surface area is 138 Å². The van der Waals surface area contributed by atoms with Gasteiger partial charge in [-0.15, -0.1) is 0 Å². The number of amides is 4. The van der Waals surface area contributed by atoms with Gasteiger partial charge in [-0.3, -0.25) is 14.5 Å². The number of hydrogen-bond donors (Lipinski definition) is 1. The van der Waals surface area contributed by atoms with Gasteiger partial charge in [-0.05, 0) is 11.6 Å². The molecular weight excluding hydrogens is 306 g/mol. The Morgan fingerprint density at radius 3 is 2.25 bits per heavy atom. The van der Waals surface area contributed by atoms with Crippen LogP contribution in [0, 0.1) is 0 Å². The van der Waals surface area contributed by atoms with Gasteiger partial charge < -0.3 is 10.2 Å². The minimum absolute atomic E-state index is 0.339. The molecule has 24 heavy (non-hydrogen) atoms. The first-order valence-corrected chi connectivity index (χ1v) is 7.61. The molecule has 2 aliphatic rings. The second kappa shape index (κ2) is 4.92. The van der Waals surface area contributed by atoms with Gasteiger partial charge in [0, 0.05) is 12.6 Å². The van der Waals surface area contributed by atoms with Crippen LogP contribution in [0.2, 0.25) is 0 Å². The van der Waals surface area contributed by atoms with Crippen LogP contribution in [0.15, 0.2) is 54.6 Å². The van der Waals surface area contributed by atoms with Crippen molar-refractivity contribution in [1.29, 1.82) is 0 Å². The van der Waals surface area contributed by atoms with Gasteiger partial charge in [0.2, 0.25) is 5.54 Å². The molecule has 1 N–H and O–H groups in total. The molecule has 0 bridgehead atoms. The van der Waals surface area contributed by atoms with E-state index in [0.717, 1.165) is 10.5 Å². The van der Waals surface area contributed by atoms with E-state index in [9.17, 15) is 14.4 Å². The molecule has 0 saturated carbocycles. The number of nitrogens with zero attached hydrogens (tertiary/aromatic N) is 2. The molecule has 1 unspecified atom stereocenters. The molecule has 4 rings (SSSR count). The summed E-state index contributed by atoms with van der Waals surface area (Å²) in [6, 6.07) is 16.1. The first-order valence-electron chi connectivity index (χ1n) is 7.61. The quantitative estimate of drug-likeness (QED) is 0.675. The number of fused-ring (bicyclic) bond motifs is 2. The smallest absolute Gasteiger partial charge is 0.311 e. The summed E-state index contributed by atoms with van der Waals surface area (Å²) in [6.07, 6.45) is 0. The van der Waals surface area contributed by atoms with E-state index in [-0.39, 0.29) is 0 Å². The second-order valence-corrected chi connectivity index (χ2v) is 5.94. The van der Waals surface area contributed by atoms with Crippen molar-refractivity contribution in [2.45, 2.75) is 12.1 Å². The molecule has 120 valence electrons. The van der Waals surface area contributed by atoms with Gasteiger partial charge >= 0.3 is 6.03 Å². The van der Waals surface area contributed by atoms with Gasteiger partial charge in [0.25, 0.3) is 11.8 Å². The topological polar surface area (TPSA) is 69.7 Å². The lowest BCUT2D eigenvalue weighted by Crippen LogP contribution is -2.52. The Balaban J connectivity index is 1.84. The number of carbonyl (C=O) groups excluding carboxylic acids is 3. The lowest BCUT2D eigenvalue weighted by molar-refractivity contribution is -0.137. The normalized spacial score (nSPS) is 22.3. The molecular formula is C18H15N3O3. The highest BCUT2D eigenvalue weighted by atomic mass is 16.2. The zero-order valence-corrected chi connectivity index (χ0v) is 13.0. The Morgan fingerprint density at radius 2 is 1.58 bits per heavy atom. The maximum atomic E-state index is 13.2. The van der Waals surface area contributed by atoms with Crippen molar-refractivity contribution in [3.8, 4) is 0 Å². The predicted octanol–water partition coefficient (Wildman–Crippen LogP) is 1.61. The number of anilines is 1. The Morgan fingerprint density at radius 1 is 0.917 bits per heavy atom. The van der Waals surface area contributed by atoms with Crippen LogP contribution in [-0.2, 0) is 21.7 Å². The molecule has 4 amide bonds. The molecule has 2 heterocycles. The van der Waals surface area contributed by atoms with Crippen LogP contribution in [-0.4, -0.2) is 29.8 Å². The average molecular weight is 321 g/mol. The zero-order chi connectivity index (χ0) is 16.9. The standard InChI is InChI=1S/C18H15N3O3/c1-20-15(22)18(19-17(20)24)13-9-5-6-10-14(13)21(16(18)23)11-12-7-3-2-4-8-12/h2-10H,11H2,1H3,(H,19,24). The molecule has 6 nitrogen and oxygen atoms in total. The number of likely N-dealkylation sites (N-methyl/N-ethyl adjacent to an activating group) is 1. The monoisotopic (exact) mass is 321 g/mol. The number of rotatable bonds is 2. The van der Waals surface area contributed by atoms with Crippen molar-refractivity contribution in [1.82, 2.24) is 10.2 Å². The van der Waals surface area contributed by atoms with Crippen LogP contribution in [0.5, 0.6) is 0 Å². The summed E-state index contributed by atoms with van der Waals surface area (Å²) in [5.41, 5.74) is 0.476. The third-order valence-electron chi connectivity index (χ3n) is 4.57. The lowest BCUT2D eigenvalue weighted by Gasteiger charge is -2.21. The van der Waals surface area contributed by atoms with Crippen molar-refractivity contribution in [2.24, 2.45) is 0 Å². The molecule has 1 atom stereocenters. The molecule has 2 aromatic rings. The van der Waals surface area contributed by atoms with Crippen LogP contribution in [0.1, 0.15) is 11.1 Å². The number of urea groups is 1. The number of carbonyl (C=O) groups is 3. The molecule has 6 heteroatoms. The van der Waals surface area contributed by atoms with Crippen molar-refractivity contribution in [2.75, 3.05) is 11.9 Å². The van der Waals surface area contributed by atoms with Gasteiger partial charge in [-0.25, -0.2) is 4.79 Å². The van der Waals surface area contributed by atoms with E-state index in [1.807, 2.05) is 36.4 Å². The van der Waals surface area contributed by atoms with Crippen molar-refractivity contribution >= 4 is 23.5 Å². The predicted molar refractivity (Wildman–Crippen MR) is 87.1 cm³/mol. The van der Waals surface area contributed by atoms with Crippen LogP contribution < -0.4 is 10.2 Å². The van der Waals surface area contributed by atoms with Gasteiger partial charge in [0.1, 0.15) is 0 Å². The summed E-state index contributed by atoms with van der Waals surface area (Å²) >= 11 is 0. The molecule has 2 aliphatic heterocycles. The number of benzene rings is 2. The van der Waals surface area contributed by atoms with Crippen LogP contribution in [0.4, 0.5) is 10.5 Å². The summed E-state index contributed by atoms with van der Waals surface area (Å²) in [4.78, 5) is 40.4. The minimum Gasteiger partial charge on any atom is -0.311 e. The number of para-hydroxylation sites is 1. The highest BCUT2D eigenvalue weighted by Crippen LogP contribution is 2.44. The van der Waals surface area contributed by atoms with E-state index in [4.69, 9.17) is 0 Å². The molecule has 1 spiro atoms. The Kier molecular flexibility index (Phi) is 2.96. The van der Waals surface area contributed by atoms with Gasteiger partial charge in [0.15, 0.2) is 0 Å². The minimum atomic E-state index is -1.64. The molecule has 0 aromatic heterocycles. The van der Waals surface area contributed by atoms with Crippen LogP contribution >= 0.6 is 0 Å². The third kappa shape index (κ3) is 1.73. The van der Waals surface area contributed by atoms with E-state index in [0.29, 0.717) is 17.8 Å². The molecule has 1 fully saturated rings. The fraction of sp³-hybridized carbons (Fsp3) is 0.167. The Bertz CT molecular complexity index is 865. The molecule has 1 saturated heterocycles. The van der Waals surface area contributed by atoms with Gasteiger partial charge in [-0.2, -0.15) is 0 Å². The van der Waals surface area contributed by atoms with Gasteiger partial charge in [0.05, 0.1) is 12.2 Å². The van der Waals surface area contributed by atoms with Crippen LogP contribution in [0.3, 0.4) is 0 Å². The summed E-state index contributed by atoms with van der Waals surface area (Å²) in [7, 11) is 1.38. The second-order valence-electron chi connectivity index (χ2n) is 5.94. The number of imide groups is 1. The molecule has 0 radical (unpaired) electrons. The first kappa shape index (κ1) is 14.4. The molecule has 0 aliphatic carbocycles. The average Bonchev–Trinajstić information content (AvgIpc) is 2.98. The van der Waals surface area contributed by atoms with Crippen molar-refractivity contribution in [3.05, 3.63) is 65.7 Å². The summed E-state index contributed by atoms with van der Waals surface area (Å²) in [6.45, 7) is 0.339. The number of hydrogen-bond acceptors (Lipinski definition) is 3. The fourth-order valence-electron chi connectivity index (χ4n) is 3.35. The number of nitrogens with one attached hydrogen (secondary N) is 1. The highest BCUT2D eigenvalue weighted by molar-refractivity contribution is 6.27. The fourth-order valence-corrected chi connectivity index (χ4v) is 3.35. The van der Waals surface area contributed by atoms with E-state index < -0.39 is 23.4 Å². The Hall–Kier alpha value is -3.15. The maximum absolute atomic E-state index is 13.2. The molecule has 2 aromatic carbocycles.